The molecular formula is C17H11F6NO3. The zero-order valence-corrected chi connectivity index (χ0v) is 13.4. The number of aromatic carboxylic acids is 1. The molecule has 0 unspecified atom stereocenters. The van der Waals surface area contributed by atoms with Crippen LogP contribution in [-0.2, 0) is 5.41 Å². The van der Waals surface area contributed by atoms with E-state index in [4.69, 9.17) is 9.84 Å². The summed E-state index contributed by atoms with van der Waals surface area (Å²) < 4.78 is 85.0. The second-order valence-electron chi connectivity index (χ2n) is 6.09. The van der Waals surface area contributed by atoms with Crippen molar-refractivity contribution in [1.82, 2.24) is 4.98 Å². The minimum absolute atomic E-state index is 0.136. The number of rotatable bonds is 5. The van der Waals surface area contributed by atoms with Crippen LogP contribution >= 0.6 is 0 Å². The van der Waals surface area contributed by atoms with Crippen molar-refractivity contribution < 1.29 is 41.0 Å². The van der Waals surface area contributed by atoms with Gasteiger partial charge < -0.3 is 9.84 Å². The molecule has 0 saturated heterocycles. The summed E-state index contributed by atoms with van der Waals surface area (Å²) in [7, 11) is 0. The maximum Gasteiger partial charge on any atom is 0.454 e. The molecule has 1 aromatic heterocycles. The fourth-order valence-corrected chi connectivity index (χ4v) is 2.74. The highest BCUT2D eigenvalue weighted by Crippen LogP contribution is 2.63. The Morgan fingerprint density at radius 3 is 2.22 bits per heavy atom. The molecule has 1 N–H and O–H groups in total. The molecule has 1 aliphatic carbocycles. The molecular weight excluding hydrogens is 380 g/mol. The average molecular weight is 391 g/mol. The lowest BCUT2D eigenvalue weighted by atomic mass is 9.88. The van der Waals surface area contributed by atoms with Crippen LogP contribution in [0, 0.1) is 5.82 Å². The summed E-state index contributed by atoms with van der Waals surface area (Å²) in [5.41, 5.74) is -3.08. The molecule has 0 spiro atoms. The van der Waals surface area contributed by atoms with Crippen LogP contribution in [0.4, 0.5) is 26.3 Å². The van der Waals surface area contributed by atoms with E-state index in [1.54, 1.807) is 0 Å². The number of carboxylic acids is 1. The van der Waals surface area contributed by atoms with Crippen molar-refractivity contribution in [2.45, 2.75) is 30.4 Å². The van der Waals surface area contributed by atoms with E-state index in [1.807, 2.05) is 0 Å². The first kappa shape index (κ1) is 19.0. The average Bonchev–Trinajstić information content (AvgIpc) is 3.38. The molecule has 0 amide bonds. The van der Waals surface area contributed by atoms with Gasteiger partial charge in [0.05, 0.1) is 11.0 Å². The molecule has 4 nitrogen and oxygen atoms in total. The lowest BCUT2D eigenvalue weighted by Gasteiger charge is -2.29. The van der Waals surface area contributed by atoms with Crippen molar-refractivity contribution in [3.05, 3.63) is 53.5 Å². The predicted octanol–water partition coefficient (Wildman–Crippen LogP) is 4.94. The number of halogens is 6. The van der Waals surface area contributed by atoms with Crippen LogP contribution < -0.4 is 4.74 Å². The first-order valence-electron chi connectivity index (χ1n) is 7.60. The molecule has 0 atom stereocenters. The monoisotopic (exact) mass is 391 g/mol. The van der Waals surface area contributed by atoms with Crippen molar-refractivity contribution in [2.75, 3.05) is 0 Å². The van der Waals surface area contributed by atoms with Gasteiger partial charge in [0, 0.05) is 12.3 Å². The fraction of sp³-hybridized carbons (Fsp3) is 0.294. The molecule has 1 aromatic carbocycles. The van der Waals surface area contributed by atoms with Crippen LogP contribution in [-0.4, -0.2) is 28.2 Å². The Balaban J connectivity index is 1.85. The first-order valence-corrected chi connectivity index (χ1v) is 7.60. The molecule has 1 heterocycles. The van der Waals surface area contributed by atoms with E-state index in [0.717, 1.165) is 30.5 Å². The van der Waals surface area contributed by atoms with E-state index in [-0.39, 0.29) is 11.4 Å². The van der Waals surface area contributed by atoms with Gasteiger partial charge >= 0.3 is 18.1 Å². The van der Waals surface area contributed by atoms with Crippen LogP contribution in [0.15, 0.2) is 36.5 Å². The van der Waals surface area contributed by atoms with Crippen LogP contribution in [0.3, 0.4) is 0 Å². The van der Waals surface area contributed by atoms with Gasteiger partial charge in [-0.1, -0.05) is 6.07 Å². The Hall–Kier alpha value is -2.78. The third kappa shape index (κ3) is 3.19. The Kier molecular flexibility index (Phi) is 4.32. The Morgan fingerprint density at radius 1 is 1.11 bits per heavy atom. The van der Waals surface area contributed by atoms with Gasteiger partial charge in [0.2, 0.25) is 5.88 Å². The number of carbonyl (C=O) groups is 1. The summed E-state index contributed by atoms with van der Waals surface area (Å²) >= 11 is 0. The Bertz CT molecular complexity index is 875. The number of hydrogen-bond donors (Lipinski definition) is 1. The van der Waals surface area contributed by atoms with Crippen molar-refractivity contribution in [2.24, 2.45) is 0 Å². The summed E-state index contributed by atoms with van der Waals surface area (Å²) in [6.07, 6.45) is -5.62. The van der Waals surface area contributed by atoms with E-state index < -0.39 is 53.5 Å². The van der Waals surface area contributed by atoms with Crippen molar-refractivity contribution in [3.63, 3.8) is 0 Å². The number of aromatic nitrogens is 1. The van der Waals surface area contributed by atoms with E-state index >= 15 is 0 Å². The van der Waals surface area contributed by atoms with Gasteiger partial charge in [-0.15, -0.1) is 0 Å². The number of nitrogens with zero attached hydrogens (tertiary/aromatic N) is 1. The van der Waals surface area contributed by atoms with Crippen molar-refractivity contribution >= 4 is 5.97 Å². The minimum atomic E-state index is -5.75. The SMILES string of the molecule is O=C(O)c1ccc(Oc2ccc(C3(C(F)(F)C(F)(F)F)CC3)cc2F)nc1. The summed E-state index contributed by atoms with van der Waals surface area (Å²) in [6, 6.07) is 4.78. The van der Waals surface area contributed by atoms with Gasteiger partial charge in [0.25, 0.3) is 0 Å². The third-order valence-corrected chi connectivity index (χ3v) is 4.39. The number of alkyl halides is 5. The van der Waals surface area contributed by atoms with Crippen molar-refractivity contribution in [1.29, 1.82) is 0 Å². The molecule has 1 saturated carbocycles. The van der Waals surface area contributed by atoms with E-state index in [9.17, 15) is 31.1 Å². The van der Waals surface area contributed by atoms with E-state index in [1.165, 1.54) is 0 Å². The largest absolute Gasteiger partial charge is 0.478 e. The number of ether oxygens (including phenoxy) is 1. The zero-order chi connectivity index (χ0) is 20.0. The quantitative estimate of drug-likeness (QED) is 0.734. The number of carboxylic acid groups (broad SMARTS) is 1. The van der Waals surface area contributed by atoms with Gasteiger partial charge in [0.15, 0.2) is 11.6 Å². The summed E-state index contributed by atoms with van der Waals surface area (Å²) in [5.74, 6) is -7.97. The van der Waals surface area contributed by atoms with Gasteiger partial charge in [-0.3, -0.25) is 0 Å². The summed E-state index contributed by atoms with van der Waals surface area (Å²) in [5, 5.41) is 8.76. The van der Waals surface area contributed by atoms with Gasteiger partial charge in [0.1, 0.15) is 0 Å². The lowest BCUT2D eigenvalue weighted by Crippen LogP contribution is -2.47. The highest BCUT2D eigenvalue weighted by Gasteiger charge is 2.75. The lowest BCUT2D eigenvalue weighted by molar-refractivity contribution is -0.296. The summed E-state index contributed by atoms with van der Waals surface area (Å²) in [6.45, 7) is 0. The normalized spacial score (nSPS) is 16.1. The number of pyridine rings is 1. The fourth-order valence-electron chi connectivity index (χ4n) is 2.74. The molecule has 1 fully saturated rings. The highest BCUT2D eigenvalue weighted by molar-refractivity contribution is 5.87. The molecule has 144 valence electrons. The number of benzene rings is 1. The third-order valence-electron chi connectivity index (χ3n) is 4.39. The maximum absolute atomic E-state index is 14.2. The molecule has 2 aromatic rings. The maximum atomic E-state index is 14.2. The smallest absolute Gasteiger partial charge is 0.454 e. The molecule has 10 heteroatoms. The van der Waals surface area contributed by atoms with Crippen LogP contribution in [0.25, 0.3) is 0 Å². The topological polar surface area (TPSA) is 59.4 Å². The molecule has 0 bridgehead atoms. The van der Waals surface area contributed by atoms with Crippen LogP contribution in [0.5, 0.6) is 11.6 Å². The number of hydrogen-bond acceptors (Lipinski definition) is 3. The van der Waals surface area contributed by atoms with Crippen molar-refractivity contribution in [3.8, 4) is 11.6 Å². The minimum Gasteiger partial charge on any atom is -0.478 e. The highest BCUT2D eigenvalue weighted by atomic mass is 19.4. The standard InChI is InChI=1S/C17H11F6NO3/c18-11-7-10(15(5-6-15)16(19,20)17(21,22)23)2-3-12(11)27-13-4-1-9(8-24-13)14(25)26/h1-4,7-8H,5-6H2,(H,25,26). The van der Waals surface area contributed by atoms with Gasteiger partial charge in [-0.25, -0.2) is 14.2 Å². The Labute approximate surface area is 148 Å². The van der Waals surface area contributed by atoms with Crippen LogP contribution in [0.1, 0.15) is 28.8 Å². The van der Waals surface area contributed by atoms with E-state index in [0.29, 0.717) is 6.07 Å². The van der Waals surface area contributed by atoms with Gasteiger partial charge in [-0.2, -0.15) is 22.0 Å². The second-order valence-corrected chi connectivity index (χ2v) is 6.09. The first-order chi connectivity index (χ1) is 12.5. The van der Waals surface area contributed by atoms with Gasteiger partial charge in [-0.05, 0) is 36.6 Å². The van der Waals surface area contributed by atoms with Crippen LogP contribution in [0.2, 0.25) is 0 Å². The second kappa shape index (κ2) is 6.14. The zero-order valence-electron chi connectivity index (χ0n) is 13.4. The molecule has 3 rings (SSSR count). The molecule has 0 aliphatic heterocycles. The molecule has 0 radical (unpaired) electrons. The van der Waals surface area contributed by atoms with E-state index in [2.05, 4.69) is 4.98 Å². The predicted molar refractivity (Wildman–Crippen MR) is 79.6 cm³/mol. The molecule has 1 aliphatic rings. The Morgan fingerprint density at radius 2 is 1.78 bits per heavy atom. The summed E-state index contributed by atoms with van der Waals surface area (Å²) in [4.78, 5) is 14.4. The molecule has 27 heavy (non-hydrogen) atoms.